The van der Waals surface area contributed by atoms with Crippen molar-refractivity contribution >= 4 is 0 Å². The third-order valence-electron chi connectivity index (χ3n) is 1.51. The minimum atomic E-state index is 0.248. The summed E-state index contributed by atoms with van der Waals surface area (Å²) in [6, 6.07) is 0.248. The molecule has 0 spiro atoms. The van der Waals surface area contributed by atoms with Gasteiger partial charge in [-0.25, -0.2) is 0 Å². The molecule has 0 unspecified atom stereocenters. The Morgan fingerprint density at radius 3 is 2.33 bits per heavy atom. The summed E-state index contributed by atoms with van der Waals surface area (Å²) in [5.74, 6) is 0. The molecule has 0 fully saturated rings. The molecule has 0 heterocycles. The average Bonchev–Trinajstić information content (AvgIpc) is 1.98. The van der Waals surface area contributed by atoms with Gasteiger partial charge in [0.05, 0.1) is 0 Å². The van der Waals surface area contributed by atoms with Gasteiger partial charge in [0.2, 0.25) is 0 Å². The average molecular weight is 163 g/mol. The highest BCUT2D eigenvalue weighted by Crippen LogP contribution is 2.04. The Balaban J connectivity index is 4.31. The zero-order valence-electron chi connectivity index (χ0n) is 7.93. The van der Waals surface area contributed by atoms with Gasteiger partial charge in [0.15, 0.2) is 0 Å². The summed E-state index contributed by atoms with van der Waals surface area (Å²) in [6.07, 6.45) is 5.52. The van der Waals surface area contributed by atoms with E-state index in [4.69, 9.17) is 0 Å². The Morgan fingerprint density at radius 2 is 2.00 bits per heavy atom. The summed E-state index contributed by atoms with van der Waals surface area (Å²) in [4.78, 5) is 0. The lowest BCUT2D eigenvalue weighted by molar-refractivity contribution is 0.708. The van der Waals surface area contributed by atoms with Crippen molar-refractivity contribution in [2.24, 2.45) is 0 Å². The minimum absolute atomic E-state index is 0.248. The van der Waals surface area contributed by atoms with Crippen molar-refractivity contribution in [2.75, 3.05) is 0 Å². The first-order chi connectivity index (χ1) is 5.61. The van der Waals surface area contributed by atoms with E-state index in [0.29, 0.717) is 0 Å². The molecule has 0 saturated carbocycles. The van der Waals surface area contributed by atoms with Crippen LogP contribution in [0.3, 0.4) is 0 Å². The lowest BCUT2D eigenvalue weighted by Crippen LogP contribution is -2.24. The Bertz CT molecular complexity index is 211. The SMILES string of the molecule is C=C/C=C(\C=C)[C@@H](C)NC(=C)C. The third kappa shape index (κ3) is 3.81. The maximum absolute atomic E-state index is 3.77. The number of hydrogen-bond acceptors (Lipinski definition) is 1. The van der Waals surface area contributed by atoms with Gasteiger partial charge in [-0.05, 0) is 19.4 Å². The predicted octanol–water partition coefficient (Wildman–Crippen LogP) is 2.80. The highest BCUT2D eigenvalue weighted by Gasteiger charge is 2.02. The van der Waals surface area contributed by atoms with Crippen molar-refractivity contribution in [3.8, 4) is 0 Å². The van der Waals surface area contributed by atoms with Crippen LogP contribution in [0.5, 0.6) is 0 Å². The monoisotopic (exact) mass is 163 g/mol. The molecule has 0 bridgehead atoms. The molecule has 0 rings (SSSR count). The molecule has 0 aliphatic rings. The lowest BCUT2D eigenvalue weighted by atomic mass is 10.1. The van der Waals surface area contributed by atoms with Gasteiger partial charge in [0, 0.05) is 11.7 Å². The molecule has 0 radical (unpaired) electrons. The quantitative estimate of drug-likeness (QED) is 0.614. The van der Waals surface area contributed by atoms with Gasteiger partial charge < -0.3 is 5.32 Å². The van der Waals surface area contributed by atoms with Gasteiger partial charge in [-0.15, -0.1) is 0 Å². The molecule has 1 heteroatoms. The summed E-state index contributed by atoms with van der Waals surface area (Å²) in [6.45, 7) is 15.1. The van der Waals surface area contributed by atoms with E-state index in [0.717, 1.165) is 11.3 Å². The fraction of sp³-hybridized carbons (Fsp3) is 0.273. The normalized spacial score (nSPS) is 13.3. The number of allylic oxidation sites excluding steroid dienone is 3. The zero-order valence-corrected chi connectivity index (χ0v) is 7.93. The van der Waals surface area contributed by atoms with E-state index in [-0.39, 0.29) is 6.04 Å². The maximum atomic E-state index is 3.77. The number of rotatable bonds is 5. The molecule has 0 aromatic rings. The smallest absolute Gasteiger partial charge is 0.0482 e. The van der Waals surface area contributed by atoms with Crippen LogP contribution >= 0.6 is 0 Å². The van der Waals surface area contributed by atoms with E-state index in [1.165, 1.54) is 0 Å². The third-order valence-corrected chi connectivity index (χ3v) is 1.51. The molecule has 0 aromatic heterocycles. The van der Waals surface area contributed by atoms with Gasteiger partial charge in [-0.3, -0.25) is 0 Å². The number of nitrogens with one attached hydrogen (secondary N) is 1. The lowest BCUT2D eigenvalue weighted by Gasteiger charge is -2.15. The van der Waals surface area contributed by atoms with E-state index in [2.05, 4.69) is 32.0 Å². The van der Waals surface area contributed by atoms with Crippen LogP contribution in [-0.4, -0.2) is 6.04 Å². The second-order valence-electron chi connectivity index (χ2n) is 2.75. The van der Waals surface area contributed by atoms with Crippen molar-refractivity contribution in [2.45, 2.75) is 19.9 Å². The summed E-state index contributed by atoms with van der Waals surface area (Å²) >= 11 is 0. The first-order valence-electron chi connectivity index (χ1n) is 3.99. The van der Waals surface area contributed by atoms with Crippen LogP contribution in [0.4, 0.5) is 0 Å². The van der Waals surface area contributed by atoms with E-state index < -0.39 is 0 Å². The molecule has 0 amide bonds. The molecule has 12 heavy (non-hydrogen) atoms. The van der Waals surface area contributed by atoms with Crippen LogP contribution < -0.4 is 5.32 Å². The molecule has 1 atom stereocenters. The summed E-state index contributed by atoms with van der Waals surface area (Å²) < 4.78 is 0. The fourth-order valence-electron chi connectivity index (χ4n) is 0.978. The van der Waals surface area contributed by atoms with Crippen LogP contribution in [0.2, 0.25) is 0 Å². The highest BCUT2D eigenvalue weighted by atomic mass is 14.9. The minimum Gasteiger partial charge on any atom is -0.383 e. The van der Waals surface area contributed by atoms with Crippen molar-refractivity contribution < 1.29 is 0 Å². The Labute approximate surface area is 75.2 Å². The second kappa shape index (κ2) is 5.42. The zero-order chi connectivity index (χ0) is 9.56. The summed E-state index contributed by atoms with van der Waals surface area (Å²) in [5, 5.41) is 3.20. The highest BCUT2D eigenvalue weighted by molar-refractivity contribution is 5.26. The van der Waals surface area contributed by atoms with Gasteiger partial charge in [-0.1, -0.05) is 38.0 Å². The molecule has 0 saturated heterocycles. The largest absolute Gasteiger partial charge is 0.383 e. The van der Waals surface area contributed by atoms with Gasteiger partial charge >= 0.3 is 0 Å². The molecule has 0 aromatic carbocycles. The predicted molar refractivity (Wildman–Crippen MR) is 55.9 cm³/mol. The topological polar surface area (TPSA) is 12.0 Å². The molecule has 1 nitrogen and oxygen atoms in total. The van der Waals surface area contributed by atoms with E-state index in [1.54, 1.807) is 6.08 Å². The number of hydrogen-bond donors (Lipinski definition) is 1. The molecular formula is C11H17N. The molecule has 1 N–H and O–H groups in total. The van der Waals surface area contributed by atoms with E-state index in [1.807, 2.05) is 19.1 Å². The van der Waals surface area contributed by atoms with Crippen LogP contribution in [0.15, 0.2) is 49.2 Å². The second-order valence-corrected chi connectivity index (χ2v) is 2.75. The Hall–Kier alpha value is -1.24. The molecule has 0 aliphatic heterocycles. The maximum Gasteiger partial charge on any atom is 0.0482 e. The Morgan fingerprint density at radius 1 is 1.42 bits per heavy atom. The van der Waals surface area contributed by atoms with Crippen molar-refractivity contribution in [1.29, 1.82) is 0 Å². The van der Waals surface area contributed by atoms with Crippen LogP contribution in [-0.2, 0) is 0 Å². The first kappa shape index (κ1) is 10.8. The van der Waals surface area contributed by atoms with Crippen molar-refractivity contribution in [3.63, 3.8) is 0 Å². The fourth-order valence-corrected chi connectivity index (χ4v) is 0.978. The molecule has 0 aliphatic carbocycles. The van der Waals surface area contributed by atoms with Crippen LogP contribution in [0, 0.1) is 0 Å². The summed E-state index contributed by atoms with van der Waals surface area (Å²) in [7, 11) is 0. The molecule has 66 valence electrons. The van der Waals surface area contributed by atoms with Gasteiger partial charge in [0.1, 0.15) is 0 Å². The van der Waals surface area contributed by atoms with Crippen molar-refractivity contribution in [1.82, 2.24) is 5.32 Å². The summed E-state index contributed by atoms with van der Waals surface area (Å²) in [5.41, 5.74) is 2.08. The van der Waals surface area contributed by atoms with Crippen molar-refractivity contribution in [3.05, 3.63) is 49.2 Å². The van der Waals surface area contributed by atoms with Crippen LogP contribution in [0.1, 0.15) is 13.8 Å². The molecular weight excluding hydrogens is 146 g/mol. The van der Waals surface area contributed by atoms with Crippen LogP contribution in [0.25, 0.3) is 0 Å². The Kier molecular flexibility index (Phi) is 4.86. The van der Waals surface area contributed by atoms with E-state index in [9.17, 15) is 0 Å². The van der Waals surface area contributed by atoms with Gasteiger partial charge in [0.25, 0.3) is 0 Å². The standard InChI is InChI=1S/C11H17N/c1-6-8-11(7-2)10(5)12-9(3)4/h6-8,10,12H,1-3H2,4-5H3/b11-8+/t10-/m1/s1. The van der Waals surface area contributed by atoms with E-state index >= 15 is 0 Å². The van der Waals surface area contributed by atoms with Gasteiger partial charge in [-0.2, -0.15) is 0 Å². The first-order valence-corrected chi connectivity index (χ1v) is 3.99.